The lowest BCUT2D eigenvalue weighted by Crippen LogP contribution is -2.57. The highest BCUT2D eigenvalue weighted by Gasteiger charge is 2.55. The van der Waals surface area contributed by atoms with E-state index in [2.05, 4.69) is 0 Å². The number of likely N-dealkylation sites (tertiary alicyclic amines) is 1. The summed E-state index contributed by atoms with van der Waals surface area (Å²) in [6, 6.07) is 14.4. The molecule has 1 saturated carbocycles. The molecule has 4 rings (SSSR count). The van der Waals surface area contributed by atoms with Crippen LogP contribution in [0.4, 0.5) is 0 Å². The van der Waals surface area contributed by atoms with E-state index in [4.69, 9.17) is 28.3 Å². The van der Waals surface area contributed by atoms with Gasteiger partial charge in [0.2, 0.25) is 15.9 Å². The van der Waals surface area contributed by atoms with E-state index in [1.807, 2.05) is 48.2 Å². The minimum atomic E-state index is -3.79. The molecular weight excluding hydrogens is 531 g/mol. The number of amides is 1. The van der Waals surface area contributed by atoms with Gasteiger partial charge in [0.1, 0.15) is 6.29 Å². The van der Waals surface area contributed by atoms with Gasteiger partial charge < -0.3 is 9.69 Å². The molecule has 5 atom stereocenters. The lowest BCUT2D eigenvalue weighted by atomic mass is 9.65. The molecule has 6 nitrogen and oxygen atoms in total. The minimum Gasteiger partial charge on any atom is -0.331 e. The zero-order chi connectivity index (χ0) is 27.0. The van der Waals surface area contributed by atoms with Crippen LogP contribution in [-0.4, -0.2) is 36.8 Å². The molecule has 0 radical (unpaired) electrons. The van der Waals surface area contributed by atoms with Crippen molar-refractivity contribution >= 4 is 45.4 Å². The van der Waals surface area contributed by atoms with Gasteiger partial charge in [-0.2, -0.15) is 0 Å². The second-order valence-electron chi connectivity index (χ2n) is 10.6. The Hall–Kier alpha value is -1.93. The molecule has 1 aliphatic heterocycles. The lowest BCUT2D eigenvalue weighted by Gasteiger charge is -2.53. The third-order valence-corrected chi connectivity index (χ3v) is 10.1. The molecule has 2 aromatic rings. The fourth-order valence-corrected chi connectivity index (χ4v) is 6.71. The van der Waals surface area contributed by atoms with E-state index in [0.29, 0.717) is 22.9 Å². The van der Waals surface area contributed by atoms with E-state index in [1.54, 1.807) is 19.1 Å². The Morgan fingerprint density at radius 3 is 2.32 bits per heavy atom. The molecule has 1 unspecified atom stereocenters. The molecule has 2 fully saturated rings. The van der Waals surface area contributed by atoms with Gasteiger partial charge in [0.15, 0.2) is 0 Å². The van der Waals surface area contributed by atoms with E-state index >= 15 is 0 Å². The van der Waals surface area contributed by atoms with Gasteiger partial charge in [-0.3, -0.25) is 4.79 Å². The number of primary sulfonamides is 1. The highest BCUT2D eigenvalue weighted by Crippen LogP contribution is 2.55. The van der Waals surface area contributed by atoms with Gasteiger partial charge in [0.05, 0.1) is 16.7 Å². The SMILES string of the molecule is CC[C@]1(CC=O)C[C@H](c2cccc(Cl)c2)[C@@H](c2ccc(Cl)cc2)N([C@@H](CC(C)S(N)(=O)=O)C2CC2)C1=O. The van der Waals surface area contributed by atoms with Gasteiger partial charge in [-0.25, -0.2) is 13.6 Å². The van der Waals surface area contributed by atoms with Crippen LogP contribution in [0, 0.1) is 11.3 Å². The second-order valence-corrected chi connectivity index (χ2v) is 13.5. The van der Waals surface area contributed by atoms with Gasteiger partial charge in [0.25, 0.3) is 0 Å². The van der Waals surface area contributed by atoms with Gasteiger partial charge in [-0.1, -0.05) is 54.4 Å². The number of sulfonamides is 1. The summed E-state index contributed by atoms with van der Waals surface area (Å²) in [6.07, 6.45) is 3.96. The Balaban J connectivity index is 1.93. The van der Waals surface area contributed by atoms with Crippen molar-refractivity contribution in [2.24, 2.45) is 16.5 Å². The van der Waals surface area contributed by atoms with E-state index in [-0.39, 0.29) is 42.7 Å². The third-order valence-electron chi connectivity index (χ3n) is 8.28. The van der Waals surface area contributed by atoms with Crippen molar-refractivity contribution in [1.82, 2.24) is 4.90 Å². The van der Waals surface area contributed by atoms with Crippen LogP contribution in [0.25, 0.3) is 0 Å². The van der Waals surface area contributed by atoms with Crippen molar-refractivity contribution < 1.29 is 18.0 Å². The minimum absolute atomic E-state index is 0.0983. The normalized spacial score (nSPS) is 26.1. The van der Waals surface area contributed by atoms with Crippen LogP contribution in [0.2, 0.25) is 10.0 Å². The van der Waals surface area contributed by atoms with Crippen LogP contribution in [0.15, 0.2) is 48.5 Å². The summed E-state index contributed by atoms with van der Waals surface area (Å²) in [5, 5.41) is 5.89. The fraction of sp³-hybridized carbons (Fsp3) is 0.500. The van der Waals surface area contributed by atoms with Gasteiger partial charge in [-0.15, -0.1) is 0 Å². The first kappa shape index (κ1) is 28.1. The lowest BCUT2D eigenvalue weighted by molar-refractivity contribution is -0.158. The molecule has 200 valence electrons. The summed E-state index contributed by atoms with van der Waals surface area (Å²) in [5.74, 6) is -0.0887. The summed E-state index contributed by atoms with van der Waals surface area (Å²) in [4.78, 5) is 28.3. The number of carbonyl (C=O) groups excluding carboxylic acids is 2. The number of piperidine rings is 1. The Labute approximate surface area is 229 Å². The van der Waals surface area contributed by atoms with E-state index in [9.17, 15) is 18.0 Å². The summed E-state index contributed by atoms with van der Waals surface area (Å²) in [7, 11) is -3.79. The zero-order valence-electron chi connectivity index (χ0n) is 21.1. The van der Waals surface area contributed by atoms with Crippen molar-refractivity contribution in [3.8, 4) is 0 Å². The molecule has 0 bridgehead atoms. The highest BCUT2D eigenvalue weighted by molar-refractivity contribution is 7.89. The summed E-state index contributed by atoms with van der Waals surface area (Å²) in [6.45, 7) is 3.54. The molecule has 1 amide bonds. The Morgan fingerprint density at radius 2 is 1.78 bits per heavy atom. The molecule has 37 heavy (non-hydrogen) atoms. The van der Waals surface area contributed by atoms with Gasteiger partial charge in [0, 0.05) is 28.4 Å². The van der Waals surface area contributed by atoms with E-state index < -0.39 is 20.7 Å². The number of rotatable bonds is 10. The number of hydrogen-bond acceptors (Lipinski definition) is 4. The second kappa shape index (κ2) is 11.0. The molecule has 2 aromatic carbocycles. The largest absolute Gasteiger partial charge is 0.331 e. The number of carbonyl (C=O) groups is 2. The monoisotopic (exact) mass is 564 g/mol. The molecule has 1 aliphatic carbocycles. The Kier molecular flexibility index (Phi) is 8.39. The van der Waals surface area contributed by atoms with Crippen molar-refractivity contribution in [2.75, 3.05) is 0 Å². The number of aldehydes is 1. The first-order valence-corrected chi connectivity index (χ1v) is 15.2. The topological polar surface area (TPSA) is 97.5 Å². The smallest absolute Gasteiger partial charge is 0.230 e. The molecule has 2 aliphatic rings. The summed E-state index contributed by atoms with van der Waals surface area (Å²) >= 11 is 12.6. The molecule has 1 heterocycles. The van der Waals surface area contributed by atoms with Crippen LogP contribution in [0.3, 0.4) is 0 Å². The van der Waals surface area contributed by atoms with Crippen LogP contribution in [-0.2, 0) is 19.6 Å². The number of nitrogens with zero attached hydrogens (tertiary/aromatic N) is 1. The molecule has 0 aromatic heterocycles. The molecule has 1 saturated heterocycles. The molecule has 2 N–H and O–H groups in total. The summed E-state index contributed by atoms with van der Waals surface area (Å²) < 4.78 is 24.5. The Bertz CT molecular complexity index is 1250. The van der Waals surface area contributed by atoms with Crippen molar-refractivity contribution in [2.45, 2.75) is 75.6 Å². The third kappa shape index (κ3) is 5.90. The maximum atomic E-state index is 14.5. The fourth-order valence-electron chi connectivity index (χ4n) is 5.92. The standard InChI is InChI=1S/C28H34Cl2N2O4S/c1-3-28(13-14-33)17-24(21-5-4-6-23(30)16-21)26(20-9-11-22(29)12-10-20)32(27(28)34)25(19-7-8-19)15-18(2)37(31,35)36/h4-6,9-12,14,16,18-19,24-26H,3,7-8,13,15,17H2,1-2H3,(H2,31,35,36)/t18?,24-,25+,26-,28+/m1/s1. The van der Waals surface area contributed by atoms with Crippen LogP contribution in [0.1, 0.15) is 75.5 Å². The van der Waals surface area contributed by atoms with Crippen LogP contribution in [0.5, 0.6) is 0 Å². The van der Waals surface area contributed by atoms with Crippen LogP contribution >= 0.6 is 23.2 Å². The van der Waals surface area contributed by atoms with Crippen molar-refractivity contribution in [1.29, 1.82) is 0 Å². The number of benzene rings is 2. The average molecular weight is 566 g/mol. The van der Waals surface area contributed by atoms with Crippen LogP contribution < -0.4 is 5.14 Å². The zero-order valence-corrected chi connectivity index (χ0v) is 23.5. The summed E-state index contributed by atoms with van der Waals surface area (Å²) in [5.41, 5.74) is 0.991. The Morgan fingerprint density at radius 1 is 1.11 bits per heavy atom. The highest BCUT2D eigenvalue weighted by atomic mass is 35.5. The number of halogens is 2. The number of nitrogens with two attached hydrogens (primary N) is 1. The molecular formula is C28H34Cl2N2O4S. The molecule has 9 heteroatoms. The average Bonchev–Trinajstić information content (AvgIpc) is 3.69. The van der Waals surface area contributed by atoms with Gasteiger partial charge in [-0.05, 0) is 80.3 Å². The predicted molar refractivity (Wildman–Crippen MR) is 147 cm³/mol. The van der Waals surface area contributed by atoms with Gasteiger partial charge >= 0.3 is 0 Å². The first-order valence-electron chi connectivity index (χ1n) is 12.8. The maximum absolute atomic E-state index is 14.5. The molecule has 0 spiro atoms. The predicted octanol–water partition coefficient (Wildman–Crippen LogP) is 5.88. The number of hydrogen-bond donors (Lipinski definition) is 1. The maximum Gasteiger partial charge on any atom is 0.230 e. The van der Waals surface area contributed by atoms with Crippen molar-refractivity contribution in [3.05, 3.63) is 69.7 Å². The van der Waals surface area contributed by atoms with E-state index in [1.165, 1.54) is 0 Å². The van der Waals surface area contributed by atoms with E-state index in [0.717, 1.165) is 30.3 Å². The quantitative estimate of drug-likeness (QED) is 0.364. The van der Waals surface area contributed by atoms with Crippen molar-refractivity contribution in [3.63, 3.8) is 0 Å². The first-order chi connectivity index (χ1) is 17.5.